The van der Waals surface area contributed by atoms with Gasteiger partial charge in [-0.2, -0.15) is 0 Å². The smallest absolute Gasteiger partial charge is 0.291 e. The maximum absolute atomic E-state index is 12.5. The number of hydrogen-bond donors (Lipinski definition) is 1. The zero-order valence-electron chi connectivity index (χ0n) is 15.1. The summed E-state index contributed by atoms with van der Waals surface area (Å²) < 4.78 is 30.4. The minimum absolute atomic E-state index is 0.0444. The molecular weight excluding hydrogens is 408 g/mol. The highest BCUT2D eigenvalue weighted by molar-refractivity contribution is 7.90. The SMILES string of the molecule is O=C(Nc1cccc(-c2nccs2)c1)c1ccc(CS(=O)(=O)c2ccccc2)o1. The van der Waals surface area contributed by atoms with Crippen molar-refractivity contribution in [1.82, 2.24) is 4.98 Å². The number of benzene rings is 2. The summed E-state index contributed by atoms with van der Waals surface area (Å²) in [6.45, 7) is 0. The summed E-state index contributed by atoms with van der Waals surface area (Å²) in [5.41, 5.74) is 1.49. The van der Waals surface area contributed by atoms with Gasteiger partial charge >= 0.3 is 0 Å². The summed E-state index contributed by atoms with van der Waals surface area (Å²) in [7, 11) is -3.55. The molecule has 1 N–H and O–H groups in total. The van der Waals surface area contributed by atoms with Crippen LogP contribution in [0.4, 0.5) is 5.69 Å². The number of nitrogens with one attached hydrogen (secondary N) is 1. The van der Waals surface area contributed by atoms with Gasteiger partial charge in [-0.05, 0) is 36.4 Å². The number of carbonyl (C=O) groups is 1. The Labute approximate surface area is 171 Å². The first-order chi connectivity index (χ1) is 14.0. The molecule has 0 bridgehead atoms. The van der Waals surface area contributed by atoms with Gasteiger partial charge in [0.2, 0.25) is 0 Å². The first kappa shape index (κ1) is 19.1. The molecule has 6 nitrogen and oxygen atoms in total. The third-order valence-corrected chi connectivity index (χ3v) is 6.60. The summed E-state index contributed by atoms with van der Waals surface area (Å²) in [6, 6.07) is 18.4. The molecule has 146 valence electrons. The van der Waals surface area contributed by atoms with E-state index in [-0.39, 0.29) is 22.2 Å². The van der Waals surface area contributed by atoms with E-state index in [0.717, 1.165) is 10.6 Å². The van der Waals surface area contributed by atoms with Gasteiger partial charge in [0, 0.05) is 22.8 Å². The second kappa shape index (κ2) is 8.02. The molecule has 0 saturated carbocycles. The Morgan fingerprint density at radius 2 is 1.86 bits per heavy atom. The summed E-state index contributed by atoms with van der Waals surface area (Å²) in [5, 5.41) is 5.50. The topological polar surface area (TPSA) is 89.3 Å². The molecule has 4 aromatic rings. The van der Waals surface area contributed by atoms with E-state index in [1.54, 1.807) is 30.5 Å². The molecule has 0 aliphatic carbocycles. The molecule has 0 saturated heterocycles. The fourth-order valence-corrected chi connectivity index (χ4v) is 4.67. The second-order valence-electron chi connectivity index (χ2n) is 6.21. The van der Waals surface area contributed by atoms with Gasteiger partial charge in [-0.15, -0.1) is 11.3 Å². The maximum Gasteiger partial charge on any atom is 0.291 e. The predicted molar refractivity (Wildman–Crippen MR) is 112 cm³/mol. The molecule has 0 aliphatic rings. The van der Waals surface area contributed by atoms with Crippen LogP contribution in [0.5, 0.6) is 0 Å². The molecule has 0 fully saturated rings. The van der Waals surface area contributed by atoms with Crippen LogP contribution < -0.4 is 5.32 Å². The van der Waals surface area contributed by atoms with Crippen LogP contribution in [-0.2, 0) is 15.6 Å². The van der Waals surface area contributed by atoms with Crippen LogP contribution in [0, 0.1) is 0 Å². The zero-order chi connectivity index (χ0) is 20.3. The molecular formula is C21H16N2O4S2. The Morgan fingerprint density at radius 3 is 2.62 bits per heavy atom. The molecule has 29 heavy (non-hydrogen) atoms. The van der Waals surface area contributed by atoms with E-state index in [9.17, 15) is 13.2 Å². The highest BCUT2D eigenvalue weighted by atomic mass is 32.2. The molecule has 0 unspecified atom stereocenters. The molecule has 0 aliphatic heterocycles. The van der Waals surface area contributed by atoms with Crippen molar-refractivity contribution in [1.29, 1.82) is 0 Å². The highest BCUT2D eigenvalue weighted by Crippen LogP contribution is 2.25. The normalized spacial score (nSPS) is 11.3. The minimum atomic E-state index is -3.55. The van der Waals surface area contributed by atoms with Crippen molar-refractivity contribution >= 4 is 32.8 Å². The number of carbonyl (C=O) groups excluding carboxylic acids is 1. The van der Waals surface area contributed by atoms with Crippen molar-refractivity contribution in [3.8, 4) is 10.6 Å². The number of amides is 1. The number of aromatic nitrogens is 1. The average molecular weight is 425 g/mol. The van der Waals surface area contributed by atoms with E-state index < -0.39 is 15.7 Å². The monoisotopic (exact) mass is 424 g/mol. The Balaban J connectivity index is 1.47. The summed E-state index contributed by atoms with van der Waals surface area (Å²) in [4.78, 5) is 17.0. The third kappa shape index (κ3) is 4.44. The van der Waals surface area contributed by atoms with E-state index in [0.29, 0.717) is 5.69 Å². The van der Waals surface area contributed by atoms with E-state index in [2.05, 4.69) is 10.3 Å². The van der Waals surface area contributed by atoms with E-state index >= 15 is 0 Å². The van der Waals surface area contributed by atoms with Gasteiger partial charge in [0.1, 0.15) is 16.5 Å². The van der Waals surface area contributed by atoms with Crippen LogP contribution in [-0.4, -0.2) is 19.3 Å². The number of furan rings is 1. The fraction of sp³-hybridized carbons (Fsp3) is 0.0476. The molecule has 0 atom stereocenters. The van der Waals surface area contributed by atoms with Gasteiger partial charge in [0.15, 0.2) is 15.6 Å². The molecule has 2 aromatic carbocycles. The van der Waals surface area contributed by atoms with Crippen molar-refractivity contribution in [3.63, 3.8) is 0 Å². The van der Waals surface area contributed by atoms with E-state index in [4.69, 9.17) is 4.42 Å². The number of sulfone groups is 1. The van der Waals surface area contributed by atoms with Gasteiger partial charge in [0.05, 0.1) is 4.90 Å². The van der Waals surface area contributed by atoms with Crippen molar-refractivity contribution in [3.05, 3.63) is 89.8 Å². The molecule has 4 rings (SSSR count). The zero-order valence-corrected chi connectivity index (χ0v) is 16.7. The molecule has 0 radical (unpaired) electrons. The lowest BCUT2D eigenvalue weighted by Crippen LogP contribution is -2.11. The largest absolute Gasteiger partial charge is 0.455 e. The van der Waals surface area contributed by atoms with Crippen LogP contribution in [0.2, 0.25) is 0 Å². The van der Waals surface area contributed by atoms with Crippen molar-refractivity contribution < 1.29 is 17.6 Å². The fourth-order valence-electron chi connectivity index (χ4n) is 2.76. The van der Waals surface area contributed by atoms with Crippen LogP contribution in [0.25, 0.3) is 10.6 Å². The van der Waals surface area contributed by atoms with Crippen LogP contribution >= 0.6 is 11.3 Å². The Hall–Kier alpha value is -3.23. The second-order valence-corrected chi connectivity index (χ2v) is 9.09. The third-order valence-electron chi connectivity index (χ3n) is 4.12. The highest BCUT2D eigenvalue weighted by Gasteiger charge is 2.19. The van der Waals surface area contributed by atoms with Gasteiger partial charge in [-0.1, -0.05) is 30.3 Å². The summed E-state index contributed by atoms with van der Waals surface area (Å²) in [6.07, 6.45) is 1.72. The van der Waals surface area contributed by atoms with Gasteiger partial charge in [-0.25, -0.2) is 13.4 Å². The lowest BCUT2D eigenvalue weighted by Gasteiger charge is -2.05. The molecule has 0 spiro atoms. The number of nitrogens with zero attached hydrogens (tertiary/aromatic N) is 1. The van der Waals surface area contributed by atoms with E-state index in [1.807, 2.05) is 23.6 Å². The average Bonchev–Trinajstić information content (AvgIpc) is 3.41. The maximum atomic E-state index is 12.5. The van der Waals surface area contributed by atoms with Crippen LogP contribution in [0.3, 0.4) is 0 Å². The van der Waals surface area contributed by atoms with Gasteiger partial charge in [-0.3, -0.25) is 4.79 Å². The van der Waals surface area contributed by atoms with Crippen molar-refractivity contribution in [2.24, 2.45) is 0 Å². The number of thiazole rings is 1. The predicted octanol–water partition coefficient (Wildman–Crippen LogP) is 4.63. The van der Waals surface area contributed by atoms with Crippen LogP contribution in [0.15, 0.2) is 87.6 Å². The molecule has 2 aromatic heterocycles. The number of rotatable bonds is 6. The standard InChI is InChI=1S/C21H16N2O4S2/c24-20(23-16-6-4-5-15(13-16)21-22-11-12-28-21)19-10-9-17(27-19)14-29(25,26)18-7-2-1-3-8-18/h1-13H,14H2,(H,23,24). The minimum Gasteiger partial charge on any atom is -0.455 e. The first-order valence-electron chi connectivity index (χ1n) is 8.69. The molecule has 1 amide bonds. The van der Waals surface area contributed by atoms with E-state index in [1.165, 1.54) is 35.6 Å². The first-order valence-corrected chi connectivity index (χ1v) is 11.2. The lowest BCUT2D eigenvalue weighted by atomic mass is 10.2. The number of hydrogen-bond acceptors (Lipinski definition) is 6. The lowest BCUT2D eigenvalue weighted by molar-refractivity contribution is 0.0995. The summed E-state index contributed by atoms with van der Waals surface area (Å²) in [5.74, 6) is -0.521. The van der Waals surface area contributed by atoms with Crippen molar-refractivity contribution in [2.75, 3.05) is 5.32 Å². The molecule has 8 heteroatoms. The quantitative estimate of drug-likeness (QED) is 0.487. The Bertz CT molecular complexity index is 1230. The van der Waals surface area contributed by atoms with Gasteiger partial charge < -0.3 is 9.73 Å². The molecule has 2 heterocycles. The number of anilines is 1. The van der Waals surface area contributed by atoms with Crippen molar-refractivity contribution in [2.45, 2.75) is 10.6 Å². The summed E-state index contributed by atoms with van der Waals surface area (Å²) >= 11 is 1.51. The Kier molecular flexibility index (Phi) is 5.28. The van der Waals surface area contributed by atoms with Crippen LogP contribution in [0.1, 0.15) is 16.3 Å². The van der Waals surface area contributed by atoms with Gasteiger partial charge in [0.25, 0.3) is 5.91 Å². The Morgan fingerprint density at radius 1 is 1.03 bits per heavy atom.